The van der Waals surface area contributed by atoms with E-state index in [0.717, 1.165) is 11.1 Å². The van der Waals surface area contributed by atoms with Gasteiger partial charge in [0.25, 0.3) is 0 Å². The molecule has 0 radical (unpaired) electrons. The molecule has 2 aromatic rings. The number of esters is 1. The van der Waals surface area contributed by atoms with Crippen molar-refractivity contribution in [3.05, 3.63) is 65.2 Å². The van der Waals surface area contributed by atoms with E-state index in [0.29, 0.717) is 11.3 Å². The van der Waals surface area contributed by atoms with Gasteiger partial charge in [0.05, 0.1) is 5.56 Å². The van der Waals surface area contributed by atoms with Gasteiger partial charge in [0.1, 0.15) is 5.75 Å². The van der Waals surface area contributed by atoms with Gasteiger partial charge in [-0.15, -0.1) is 0 Å². The summed E-state index contributed by atoms with van der Waals surface area (Å²) in [5.74, 6) is 0.256. The maximum Gasteiger partial charge on any atom is 0.343 e. The molecule has 17 heavy (non-hydrogen) atoms. The molecule has 0 aliphatic carbocycles. The molecular formula is C15H14O2. The number of benzene rings is 2. The molecule has 0 unspecified atom stereocenters. The van der Waals surface area contributed by atoms with Crippen LogP contribution < -0.4 is 4.74 Å². The average Bonchev–Trinajstić information content (AvgIpc) is 2.29. The largest absolute Gasteiger partial charge is 0.423 e. The molecule has 0 amide bonds. The predicted octanol–water partition coefficient (Wildman–Crippen LogP) is 3.52. The summed E-state index contributed by atoms with van der Waals surface area (Å²) in [4.78, 5) is 11.8. The fourth-order valence-electron chi connectivity index (χ4n) is 1.53. The van der Waals surface area contributed by atoms with Gasteiger partial charge in [-0.2, -0.15) is 0 Å². The lowest BCUT2D eigenvalue weighted by atomic mass is 10.1. The molecule has 0 heterocycles. The van der Waals surface area contributed by atoms with E-state index >= 15 is 0 Å². The van der Waals surface area contributed by atoms with Gasteiger partial charge in [0.2, 0.25) is 0 Å². The molecule has 2 aromatic carbocycles. The van der Waals surface area contributed by atoms with Gasteiger partial charge in [-0.3, -0.25) is 0 Å². The summed E-state index contributed by atoms with van der Waals surface area (Å²) >= 11 is 0. The van der Waals surface area contributed by atoms with Crippen molar-refractivity contribution in [3.8, 4) is 5.75 Å². The van der Waals surface area contributed by atoms with E-state index in [9.17, 15) is 4.79 Å². The number of hydrogen-bond donors (Lipinski definition) is 0. The number of carbonyl (C=O) groups is 1. The molecule has 0 bridgehead atoms. The molecule has 2 nitrogen and oxygen atoms in total. The lowest BCUT2D eigenvalue weighted by molar-refractivity contribution is 0.0735. The third kappa shape index (κ3) is 2.94. The molecule has 0 atom stereocenters. The second-order valence-electron chi connectivity index (χ2n) is 4.07. The van der Waals surface area contributed by atoms with Gasteiger partial charge in [-0.05, 0) is 43.7 Å². The molecule has 0 aliphatic rings. The second kappa shape index (κ2) is 4.83. The maximum absolute atomic E-state index is 11.8. The van der Waals surface area contributed by atoms with Crippen LogP contribution in [0.25, 0.3) is 0 Å². The summed E-state index contributed by atoms with van der Waals surface area (Å²) in [6.45, 7) is 3.94. The van der Waals surface area contributed by atoms with Crippen LogP contribution in [0.2, 0.25) is 0 Å². The number of rotatable bonds is 2. The highest BCUT2D eigenvalue weighted by molar-refractivity contribution is 5.91. The van der Waals surface area contributed by atoms with Crippen LogP contribution in [0.1, 0.15) is 21.5 Å². The van der Waals surface area contributed by atoms with Gasteiger partial charge < -0.3 is 4.74 Å². The van der Waals surface area contributed by atoms with Gasteiger partial charge in [-0.1, -0.05) is 29.8 Å². The highest BCUT2D eigenvalue weighted by Gasteiger charge is 2.07. The number of aryl methyl sites for hydroxylation is 2. The summed E-state index contributed by atoms with van der Waals surface area (Å²) in [6, 6.07) is 14.8. The van der Waals surface area contributed by atoms with Crippen LogP contribution in [-0.4, -0.2) is 5.97 Å². The number of carbonyl (C=O) groups excluding carboxylic acids is 1. The lowest BCUT2D eigenvalue weighted by Gasteiger charge is -2.05. The average molecular weight is 226 g/mol. The molecule has 0 aromatic heterocycles. The zero-order chi connectivity index (χ0) is 12.3. The van der Waals surface area contributed by atoms with E-state index in [4.69, 9.17) is 4.74 Å². The highest BCUT2D eigenvalue weighted by atomic mass is 16.5. The Morgan fingerprint density at radius 2 is 1.65 bits per heavy atom. The minimum absolute atomic E-state index is 0.324. The van der Waals surface area contributed by atoms with Crippen molar-refractivity contribution < 1.29 is 9.53 Å². The molecule has 0 saturated carbocycles. The van der Waals surface area contributed by atoms with Crippen molar-refractivity contribution in [1.29, 1.82) is 0 Å². The topological polar surface area (TPSA) is 26.3 Å². The van der Waals surface area contributed by atoms with Crippen LogP contribution in [-0.2, 0) is 0 Å². The van der Waals surface area contributed by atoms with Gasteiger partial charge >= 0.3 is 5.97 Å². The Morgan fingerprint density at radius 1 is 0.941 bits per heavy atom. The summed E-state index contributed by atoms with van der Waals surface area (Å²) in [5.41, 5.74) is 2.76. The Kier molecular flexibility index (Phi) is 3.24. The molecule has 86 valence electrons. The van der Waals surface area contributed by atoms with E-state index in [1.54, 1.807) is 18.2 Å². The summed E-state index contributed by atoms with van der Waals surface area (Å²) in [6.07, 6.45) is 0. The minimum atomic E-state index is -0.324. The van der Waals surface area contributed by atoms with Crippen LogP contribution in [0.4, 0.5) is 0 Å². The first-order valence-corrected chi connectivity index (χ1v) is 5.51. The quantitative estimate of drug-likeness (QED) is 0.578. The van der Waals surface area contributed by atoms with Crippen molar-refractivity contribution in [3.63, 3.8) is 0 Å². The van der Waals surface area contributed by atoms with E-state index < -0.39 is 0 Å². The first-order valence-electron chi connectivity index (χ1n) is 5.51. The van der Waals surface area contributed by atoms with Crippen molar-refractivity contribution >= 4 is 5.97 Å². The van der Waals surface area contributed by atoms with Crippen LogP contribution in [0, 0.1) is 13.8 Å². The minimum Gasteiger partial charge on any atom is -0.423 e. The zero-order valence-corrected chi connectivity index (χ0v) is 9.94. The third-order valence-corrected chi connectivity index (χ3v) is 2.49. The second-order valence-corrected chi connectivity index (χ2v) is 4.07. The fourth-order valence-corrected chi connectivity index (χ4v) is 1.53. The van der Waals surface area contributed by atoms with E-state index in [1.165, 1.54) is 0 Å². The van der Waals surface area contributed by atoms with Gasteiger partial charge in [0.15, 0.2) is 0 Å². The molecule has 0 spiro atoms. The normalized spacial score (nSPS) is 10.0. The molecule has 2 heteroatoms. The molecule has 2 rings (SSSR count). The summed E-state index contributed by atoms with van der Waals surface area (Å²) in [5, 5.41) is 0. The van der Waals surface area contributed by atoms with Gasteiger partial charge in [-0.25, -0.2) is 4.79 Å². The first kappa shape index (κ1) is 11.4. The molecule has 0 aliphatic heterocycles. The summed E-state index contributed by atoms with van der Waals surface area (Å²) < 4.78 is 5.28. The Balaban J connectivity index is 2.14. The Hall–Kier alpha value is -2.09. The Bertz CT molecular complexity index is 527. The van der Waals surface area contributed by atoms with E-state index in [1.807, 2.05) is 44.2 Å². The summed E-state index contributed by atoms with van der Waals surface area (Å²) in [7, 11) is 0. The van der Waals surface area contributed by atoms with E-state index in [2.05, 4.69) is 0 Å². The van der Waals surface area contributed by atoms with Crippen molar-refractivity contribution in [2.24, 2.45) is 0 Å². The molecule has 0 N–H and O–H groups in total. The smallest absolute Gasteiger partial charge is 0.343 e. The molecular weight excluding hydrogens is 212 g/mol. The molecule has 0 fully saturated rings. The Morgan fingerprint density at radius 3 is 2.29 bits per heavy atom. The van der Waals surface area contributed by atoms with Crippen LogP contribution in [0.3, 0.4) is 0 Å². The molecule has 0 saturated heterocycles. The predicted molar refractivity (Wildman–Crippen MR) is 67.3 cm³/mol. The highest BCUT2D eigenvalue weighted by Crippen LogP contribution is 2.14. The van der Waals surface area contributed by atoms with E-state index in [-0.39, 0.29) is 5.97 Å². The number of ether oxygens (including phenoxy) is 1. The first-order chi connectivity index (χ1) is 8.15. The third-order valence-electron chi connectivity index (χ3n) is 2.49. The van der Waals surface area contributed by atoms with Crippen LogP contribution in [0.15, 0.2) is 48.5 Å². The standard InChI is InChI=1S/C15H14O2/c1-11-6-8-13(9-7-11)15(16)17-14-5-3-4-12(2)10-14/h3-10H,1-2H3. The lowest BCUT2D eigenvalue weighted by Crippen LogP contribution is -2.08. The zero-order valence-electron chi connectivity index (χ0n) is 9.94. The van der Waals surface area contributed by atoms with Crippen molar-refractivity contribution in [2.45, 2.75) is 13.8 Å². The SMILES string of the molecule is Cc1ccc(C(=O)Oc2cccc(C)c2)cc1. The van der Waals surface area contributed by atoms with Gasteiger partial charge in [0, 0.05) is 0 Å². The van der Waals surface area contributed by atoms with Crippen LogP contribution >= 0.6 is 0 Å². The maximum atomic E-state index is 11.8. The van der Waals surface area contributed by atoms with Crippen molar-refractivity contribution in [2.75, 3.05) is 0 Å². The Labute approximate surface area is 101 Å². The monoisotopic (exact) mass is 226 g/mol. The van der Waals surface area contributed by atoms with Crippen molar-refractivity contribution in [1.82, 2.24) is 0 Å². The number of hydrogen-bond acceptors (Lipinski definition) is 2. The fraction of sp³-hybridized carbons (Fsp3) is 0.133. The van der Waals surface area contributed by atoms with Crippen LogP contribution in [0.5, 0.6) is 5.75 Å².